The molecule has 6 heteroatoms. The van der Waals surface area contributed by atoms with Crippen LogP contribution >= 0.6 is 0 Å². The fourth-order valence-electron chi connectivity index (χ4n) is 13.8. The Bertz CT molecular complexity index is 4750. The molecule has 0 N–H and O–H groups in total. The van der Waals surface area contributed by atoms with Crippen molar-refractivity contribution < 1.29 is 9.15 Å². The number of hydrogen-bond donors (Lipinski definition) is 0. The van der Waals surface area contributed by atoms with Gasteiger partial charge in [0.2, 0.25) is 0 Å². The molecule has 1 aliphatic carbocycles. The Balaban J connectivity index is 1.02. The predicted molar refractivity (Wildman–Crippen MR) is 336 cm³/mol. The van der Waals surface area contributed by atoms with E-state index in [0.717, 1.165) is 118 Å². The lowest BCUT2D eigenvalue weighted by Crippen LogP contribution is -2.38. The first kappa shape index (κ1) is 47.6. The number of fused-ring (bicyclic) bond motifs is 15. The van der Waals surface area contributed by atoms with Gasteiger partial charge in [-0.05, 0) is 192 Å². The van der Waals surface area contributed by atoms with Crippen molar-refractivity contribution in [3.63, 3.8) is 0 Å². The number of ether oxygens (including phenoxy) is 1. The smallest absolute Gasteiger partial charge is 0.151 e. The number of rotatable bonds is 8. The first-order valence-corrected chi connectivity index (χ1v) is 28.2. The molecule has 0 radical (unpaired) electrons. The van der Waals surface area contributed by atoms with Crippen LogP contribution in [0.4, 0.5) is 51.3 Å². The van der Waals surface area contributed by atoms with Gasteiger partial charge in [-0.3, -0.25) is 4.90 Å². The van der Waals surface area contributed by atoms with E-state index >= 15 is 0 Å². The largest absolute Gasteiger partial charge is 0.455 e. The normalized spacial score (nSPS) is 14.2. The van der Waals surface area contributed by atoms with Crippen LogP contribution in [0.25, 0.3) is 55.3 Å². The molecule has 13 aromatic rings. The molecule has 1 spiro atoms. The summed E-state index contributed by atoms with van der Waals surface area (Å²) < 4.78 is 14.5. The third-order valence-corrected chi connectivity index (χ3v) is 17.4. The lowest BCUT2D eigenvalue weighted by atomic mass is 9.65. The second-order valence-electron chi connectivity index (χ2n) is 22.0. The Morgan fingerprint density at radius 2 is 0.963 bits per heavy atom. The number of para-hydroxylation sites is 6. The zero-order valence-corrected chi connectivity index (χ0v) is 45.9. The fourth-order valence-corrected chi connectivity index (χ4v) is 13.8. The second-order valence-corrected chi connectivity index (χ2v) is 22.0. The highest BCUT2D eigenvalue weighted by Gasteiger charge is 2.55. The van der Waals surface area contributed by atoms with E-state index in [2.05, 4.69) is 285 Å². The highest BCUT2D eigenvalue weighted by molar-refractivity contribution is 6.20. The van der Waals surface area contributed by atoms with Gasteiger partial charge in [0.05, 0.1) is 27.9 Å². The molecule has 4 heterocycles. The van der Waals surface area contributed by atoms with Crippen molar-refractivity contribution >= 4 is 73.3 Å². The van der Waals surface area contributed by atoms with Crippen LogP contribution in [0.15, 0.2) is 259 Å². The molecule has 1 unspecified atom stereocenters. The van der Waals surface area contributed by atoms with Crippen LogP contribution < -0.4 is 19.4 Å². The zero-order valence-electron chi connectivity index (χ0n) is 45.9. The number of aromatic nitrogens is 1. The second kappa shape index (κ2) is 18.3. The standard InChI is InChI=1S/C76H54N4O2/c1-47-21-11-13-27-56(47)58-39-36-53(43-49(58)3)78(51-23-7-5-8-24-51)55-38-41-60-64(45-55)76(62-30-19-35-70-73(62)80(75-63(76)31-20-42-77-75)66-32-16-18-34-69(66)81-70)65-46-67(72-61-29-15-17-33-68(61)82-74(72)71(60)65)79(52-25-9-6-10-26-52)54-37-40-59(50(4)44-54)57-28-14-12-22-48(57)2/h5-46H,1-4H3. The Labute approximate surface area is 477 Å². The molecule has 0 amide bonds. The van der Waals surface area contributed by atoms with Crippen LogP contribution in [0.5, 0.6) is 11.5 Å². The fraction of sp³-hybridized carbons (Fsp3) is 0.0658. The molecule has 16 rings (SSSR count). The number of benzene rings is 11. The van der Waals surface area contributed by atoms with E-state index in [1.54, 1.807) is 0 Å². The lowest BCUT2D eigenvalue weighted by molar-refractivity contribution is 0.473. The van der Waals surface area contributed by atoms with Crippen molar-refractivity contribution in [2.24, 2.45) is 0 Å². The summed E-state index contributed by atoms with van der Waals surface area (Å²) in [6, 6.07) is 90.1. The topological polar surface area (TPSA) is 45.0 Å². The van der Waals surface area contributed by atoms with Crippen LogP contribution in [0, 0.1) is 27.7 Å². The van der Waals surface area contributed by atoms with Gasteiger partial charge in [0.1, 0.15) is 17.0 Å². The van der Waals surface area contributed by atoms with Crippen molar-refractivity contribution in [2.45, 2.75) is 33.1 Å². The minimum atomic E-state index is -0.969. The lowest BCUT2D eigenvalue weighted by Gasteiger charge is -2.46. The summed E-state index contributed by atoms with van der Waals surface area (Å²) in [7, 11) is 0. The Morgan fingerprint density at radius 3 is 1.66 bits per heavy atom. The minimum absolute atomic E-state index is 0.772. The quantitative estimate of drug-likeness (QED) is 0.151. The van der Waals surface area contributed by atoms with Gasteiger partial charge < -0.3 is 19.0 Å². The Kier molecular flexibility index (Phi) is 10.6. The molecule has 3 aliphatic rings. The van der Waals surface area contributed by atoms with Gasteiger partial charge >= 0.3 is 0 Å². The maximum Gasteiger partial charge on any atom is 0.151 e. The molecule has 11 aromatic carbocycles. The van der Waals surface area contributed by atoms with Crippen molar-refractivity contribution in [1.29, 1.82) is 0 Å². The number of pyridine rings is 1. The molecule has 390 valence electrons. The number of nitrogens with zero attached hydrogens (tertiary/aromatic N) is 4. The van der Waals surface area contributed by atoms with Gasteiger partial charge in [0.25, 0.3) is 0 Å². The molecule has 0 bridgehead atoms. The highest BCUT2D eigenvalue weighted by Crippen LogP contribution is 2.69. The third-order valence-electron chi connectivity index (χ3n) is 17.4. The number of furan rings is 1. The zero-order chi connectivity index (χ0) is 54.8. The van der Waals surface area contributed by atoms with Gasteiger partial charge in [0, 0.05) is 51.1 Å². The molecular formula is C76H54N4O2. The van der Waals surface area contributed by atoms with Gasteiger partial charge in [0.15, 0.2) is 11.5 Å². The van der Waals surface area contributed by atoms with E-state index in [1.807, 2.05) is 12.3 Å². The summed E-state index contributed by atoms with van der Waals surface area (Å²) in [4.78, 5) is 12.6. The van der Waals surface area contributed by atoms with E-state index in [-0.39, 0.29) is 0 Å². The van der Waals surface area contributed by atoms with Crippen molar-refractivity contribution in [1.82, 2.24) is 4.98 Å². The van der Waals surface area contributed by atoms with E-state index in [9.17, 15) is 0 Å². The third kappa shape index (κ3) is 6.91. The van der Waals surface area contributed by atoms with Gasteiger partial charge in [-0.25, -0.2) is 4.98 Å². The maximum atomic E-state index is 7.46. The molecule has 0 fully saturated rings. The van der Waals surface area contributed by atoms with E-state index in [1.165, 1.54) is 44.5 Å². The van der Waals surface area contributed by atoms with Crippen LogP contribution in [0.3, 0.4) is 0 Å². The average molecular weight is 1060 g/mol. The SMILES string of the molecule is Cc1ccccc1-c1ccc(N(c2ccccc2)c2ccc3c(c2)C2(c4cccnc4N4c5ccccc5Oc5cccc2c54)c2cc(N(c4ccccc4)c4ccc(-c5ccccc5C)c(C)c4)c4c(oc5ccccc54)c2-3)cc1C. The van der Waals surface area contributed by atoms with Crippen molar-refractivity contribution in [3.05, 3.63) is 299 Å². The Hall–Kier alpha value is -10.4. The number of aryl methyl sites for hydroxylation is 4. The summed E-state index contributed by atoms with van der Waals surface area (Å²) in [5.41, 5.74) is 25.1. The molecule has 0 saturated carbocycles. The van der Waals surface area contributed by atoms with Crippen LogP contribution in [-0.4, -0.2) is 4.98 Å². The molecular weight excluding hydrogens is 1000 g/mol. The molecule has 6 nitrogen and oxygen atoms in total. The summed E-state index contributed by atoms with van der Waals surface area (Å²) in [5, 5.41) is 2.08. The monoisotopic (exact) mass is 1050 g/mol. The Morgan fingerprint density at radius 1 is 0.402 bits per heavy atom. The highest BCUT2D eigenvalue weighted by atomic mass is 16.5. The van der Waals surface area contributed by atoms with Crippen LogP contribution in [-0.2, 0) is 5.41 Å². The molecule has 1 atom stereocenters. The van der Waals surface area contributed by atoms with Gasteiger partial charge in [-0.1, -0.05) is 152 Å². The molecule has 2 aliphatic heterocycles. The van der Waals surface area contributed by atoms with E-state index in [4.69, 9.17) is 14.1 Å². The van der Waals surface area contributed by atoms with Crippen LogP contribution in [0.2, 0.25) is 0 Å². The predicted octanol–water partition coefficient (Wildman–Crippen LogP) is 20.7. The molecule has 2 aromatic heterocycles. The first-order chi connectivity index (χ1) is 40.3. The van der Waals surface area contributed by atoms with Crippen LogP contribution in [0.1, 0.15) is 44.5 Å². The summed E-state index contributed by atoms with van der Waals surface area (Å²) in [6.07, 6.45) is 1.93. The minimum Gasteiger partial charge on any atom is -0.455 e. The van der Waals surface area contributed by atoms with Gasteiger partial charge in [-0.2, -0.15) is 0 Å². The number of hydrogen-bond acceptors (Lipinski definition) is 6. The van der Waals surface area contributed by atoms with Crippen molar-refractivity contribution in [2.75, 3.05) is 14.7 Å². The number of anilines is 9. The molecule has 0 saturated heterocycles. The summed E-state index contributed by atoms with van der Waals surface area (Å²) >= 11 is 0. The van der Waals surface area contributed by atoms with Crippen molar-refractivity contribution in [3.8, 4) is 44.9 Å². The average Bonchev–Trinajstić information content (AvgIpc) is 1.95. The molecule has 82 heavy (non-hydrogen) atoms. The van der Waals surface area contributed by atoms with E-state index in [0.29, 0.717) is 0 Å². The van der Waals surface area contributed by atoms with Gasteiger partial charge in [-0.15, -0.1) is 0 Å². The summed E-state index contributed by atoms with van der Waals surface area (Å²) in [5.74, 6) is 2.40. The van der Waals surface area contributed by atoms with E-state index < -0.39 is 5.41 Å². The summed E-state index contributed by atoms with van der Waals surface area (Å²) in [6.45, 7) is 8.85. The maximum absolute atomic E-state index is 7.46. The first-order valence-electron chi connectivity index (χ1n) is 28.2.